The first-order valence-corrected chi connectivity index (χ1v) is 6.36. The van der Waals surface area contributed by atoms with Crippen LogP contribution in [0.15, 0.2) is 0 Å². The van der Waals surface area contributed by atoms with Gasteiger partial charge in [0.2, 0.25) is 5.91 Å². The summed E-state index contributed by atoms with van der Waals surface area (Å²) in [6.07, 6.45) is 1.70. The van der Waals surface area contributed by atoms with Gasteiger partial charge in [-0.2, -0.15) is 5.10 Å². The summed E-state index contributed by atoms with van der Waals surface area (Å²) in [5.41, 5.74) is 12.3. The monoisotopic (exact) mass is 267 g/mol. The lowest BCUT2D eigenvalue weighted by Crippen LogP contribution is -2.28. The normalized spacial score (nSPS) is 10.4. The standard InChI is InChI=1S/C12H21N5O2/c1-3-17-11(10(14)8(2)16-17)12(19)15-7-5-4-6-9(13)18/h3-7,14H2,1-2H3,(H2,13,18)(H,15,19). The molecule has 7 nitrogen and oxygen atoms in total. The van der Waals surface area contributed by atoms with Crippen molar-refractivity contribution in [2.45, 2.75) is 39.7 Å². The number of hydrogen-bond donors (Lipinski definition) is 3. The van der Waals surface area contributed by atoms with Gasteiger partial charge in [0.1, 0.15) is 5.69 Å². The number of nitrogens with zero attached hydrogens (tertiary/aromatic N) is 2. The fraction of sp³-hybridized carbons (Fsp3) is 0.583. The van der Waals surface area contributed by atoms with Gasteiger partial charge in [0.15, 0.2) is 0 Å². The molecule has 0 unspecified atom stereocenters. The smallest absolute Gasteiger partial charge is 0.271 e. The lowest BCUT2D eigenvalue weighted by Gasteiger charge is -2.07. The van der Waals surface area contributed by atoms with Crippen LogP contribution in [0.5, 0.6) is 0 Å². The molecule has 5 N–H and O–H groups in total. The van der Waals surface area contributed by atoms with E-state index < -0.39 is 0 Å². The van der Waals surface area contributed by atoms with Crippen molar-refractivity contribution < 1.29 is 9.59 Å². The third-order valence-corrected chi connectivity index (χ3v) is 2.82. The summed E-state index contributed by atoms with van der Waals surface area (Å²) in [5, 5.41) is 6.96. The van der Waals surface area contributed by atoms with Gasteiger partial charge in [-0.15, -0.1) is 0 Å². The molecule has 1 aromatic heterocycles. The highest BCUT2D eigenvalue weighted by atomic mass is 16.2. The molecule has 0 radical (unpaired) electrons. The van der Waals surface area contributed by atoms with Gasteiger partial charge in [0.05, 0.1) is 11.4 Å². The van der Waals surface area contributed by atoms with Crippen LogP contribution >= 0.6 is 0 Å². The molecule has 0 aliphatic rings. The van der Waals surface area contributed by atoms with E-state index in [9.17, 15) is 9.59 Å². The number of carbonyl (C=O) groups is 2. The highest BCUT2D eigenvalue weighted by Gasteiger charge is 2.18. The topological polar surface area (TPSA) is 116 Å². The maximum absolute atomic E-state index is 12.0. The van der Waals surface area contributed by atoms with Gasteiger partial charge < -0.3 is 16.8 Å². The van der Waals surface area contributed by atoms with Gasteiger partial charge in [-0.3, -0.25) is 14.3 Å². The lowest BCUT2D eigenvalue weighted by molar-refractivity contribution is -0.118. The number of aromatic nitrogens is 2. The summed E-state index contributed by atoms with van der Waals surface area (Å²) in [4.78, 5) is 22.6. The first-order chi connectivity index (χ1) is 8.97. The molecule has 1 rings (SSSR count). The maximum Gasteiger partial charge on any atom is 0.271 e. The molecule has 1 aromatic rings. The second-order valence-corrected chi connectivity index (χ2v) is 4.34. The van der Waals surface area contributed by atoms with Crippen LogP contribution in [0, 0.1) is 6.92 Å². The predicted molar refractivity (Wildman–Crippen MR) is 72.4 cm³/mol. The van der Waals surface area contributed by atoms with E-state index in [2.05, 4.69) is 10.4 Å². The molecule has 0 saturated carbocycles. The number of nitrogen functional groups attached to an aromatic ring is 1. The summed E-state index contributed by atoms with van der Waals surface area (Å²) in [6, 6.07) is 0. The zero-order valence-corrected chi connectivity index (χ0v) is 11.4. The SMILES string of the molecule is CCn1nc(C)c(N)c1C(=O)NCCCCC(N)=O. The number of anilines is 1. The van der Waals surface area contributed by atoms with E-state index in [-0.39, 0.29) is 11.8 Å². The van der Waals surface area contributed by atoms with Crippen molar-refractivity contribution in [2.75, 3.05) is 12.3 Å². The minimum Gasteiger partial charge on any atom is -0.395 e. The van der Waals surface area contributed by atoms with Crippen LogP contribution in [0.25, 0.3) is 0 Å². The number of nitrogens with two attached hydrogens (primary N) is 2. The second-order valence-electron chi connectivity index (χ2n) is 4.34. The van der Waals surface area contributed by atoms with Crippen molar-refractivity contribution in [2.24, 2.45) is 5.73 Å². The van der Waals surface area contributed by atoms with E-state index >= 15 is 0 Å². The van der Waals surface area contributed by atoms with Crippen LogP contribution in [0.3, 0.4) is 0 Å². The number of amides is 2. The van der Waals surface area contributed by atoms with Crippen LogP contribution in [-0.2, 0) is 11.3 Å². The number of unbranched alkanes of at least 4 members (excludes halogenated alkanes) is 1. The number of primary amides is 1. The summed E-state index contributed by atoms with van der Waals surface area (Å²) in [7, 11) is 0. The first-order valence-electron chi connectivity index (χ1n) is 6.36. The zero-order valence-electron chi connectivity index (χ0n) is 11.4. The highest BCUT2D eigenvalue weighted by Crippen LogP contribution is 2.16. The van der Waals surface area contributed by atoms with Gasteiger partial charge in [0.25, 0.3) is 5.91 Å². The molecule has 106 valence electrons. The fourth-order valence-corrected chi connectivity index (χ4v) is 1.77. The molecule has 0 aliphatic heterocycles. The van der Waals surface area contributed by atoms with E-state index in [1.807, 2.05) is 6.92 Å². The molecule has 0 fully saturated rings. The largest absolute Gasteiger partial charge is 0.395 e. The Morgan fingerprint density at radius 3 is 2.63 bits per heavy atom. The summed E-state index contributed by atoms with van der Waals surface area (Å²) < 4.78 is 1.59. The van der Waals surface area contributed by atoms with Crippen LogP contribution in [0.2, 0.25) is 0 Å². The molecule has 0 saturated heterocycles. The van der Waals surface area contributed by atoms with Gasteiger partial charge in [-0.1, -0.05) is 0 Å². The molecule has 0 aliphatic carbocycles. The van der Waals surface area contributed by atoms with Crippen LogP contribution in [-0.4, -0.2) is 28.1 Å². The number of carbonyl (C=O) groups excluding carboxylic acids is 2. The van der Waals surface area contributed by atoms with Crippen molar-refractivity contribution in [1.82, 2.24) is 15.1 Å². The Morgan fingerprint density at radius 2 is 2.05 bits per heavy atom. The minimum absolute atomic E-state index is 0.237. The maximum atomic E-state index is 12.0. The van der Waals surface area contributed by atoms with E-state index in [4.69, 9.17) is 11.5 Å². The van der Waals surface area contributed by atoms with E-state index in [0.29, 0.717) is 49.4 Å². The van der Waals surface area contributed by atoms with E-state index in [1.165, 1.54) is 0 Å². The Kier molecular flexibility index (Phi) is 5.35. The van der Waals surface area contributed by atoms with Crippen molar-refractivity contribution in [3.63, 3.8) is 0 Å². The quantitative estimate of drug-likeness (QED) is 0.611. The molecular weight excluding hydrogens is 246 g/mol. The fourth-order valence-electron chi connectivity index (χ4n) is 1.77. The Bertz CT molecular complexity index is 467. The summed E-state index contributed by atoms with van der Waals surface area (Å²) in [5.74, 6) is -0.561. The number of aryl methyl sites for hydroxylation is 2. The summed E-state index contributed by atoms with van der Waals surface area (Å²) in [6.45, 7) is 4.74. The van der Waals surface area contributed by atoms with Gasteiger partial charge in [0, 0.05) is 19.5 Å². The van der Waals surface area contributed by atoms with Gasteiger partial charge in [-0.25, -0.2) is 0 Å². The number of rotatable bonds is 7. The molecular formula is C12H21N5O2. The molecule has 7 heteroatoms. The lowest BCUT2D eigenvalue weighted by atomic mass is 10.2. The average molecular weight is 267 g/mol. The second kappa shape index (κ2) is 6.77. The van der Waals surface area contributed by atoms with Gasteiger partial charge >= 0.3 is 0 Å². The zero-order chi connectivity index (χ0) is 14.4. The number of nitrogens with one attached hydrogen (secondary N) is 1. The molecule has 2 amide bonds. The number of hydrogen-bond acceptors (Lipinski definition) is 4. The molecule has 1 heterocycles. The van der Waals surface area contributed by atoms with Crippen molar-refractivity contribution >= 4 is 17.5 Å². The average Bonchev–Trinajstić information content (AvgIpc) is 2.64. The molecule has 19 heavy (non-hydrogen) atoms. The molecule has 0 aromatic carbocycles. The Morgan fingerprint density at radius 1 is 1.37 bits per heavy atom. The van der Waals surface area contributed by atoms with Crippen LogP contribution in [0.1, 0.15) is 42.4 Å². The Hall–Kier alpha value is -2.05. The molecule has 0 spiro atoms. The minimum atomic E-state index is -0.324. The van der Waals surface area contributed by atoms with E-state index in [0.717, 1.165) is 0 Å². The van der Waals surface area contributed by atoms with Crippen LogP contribution < -0.4 is 16.8 Å². The van der Waals surface area contributed by atoms with Gasteiger partial charge in [-0.05, 0) is 26.7 Å². The van der Waals surface area contributed by atoms with Crippen molar-refractivity contribution in [3.05, 3.63) is 11.4 Å². The third kappa shape index (κ3) is 3.97. The third-order valence-electron chi connectivity index (χ3n) is 2.82. The van der Waals surface area contributed by atoms with E-state index in [1.54, 1.807) is 11.6 Å². The van der Waals surface area contributed by atoms with Crippen LogP contribution in [0.4, 0.5) is 5.69 Å². The molecule has 0 atom stereocenters. The highest BCUT2D eigenvalue weighted by molar-refractivity contribution is 5.97. The molecule has 0 bridgehead atoms. The predicted octanol–water partition coefficient (Wildman–Crippen LogP) is 0.179. The van der Waals surface area contributed by atoms with Crippen molar-refractivity contribution in [3.8, 4) is 0 Å². The Balaban J connectivity index is 2.52. The summed E-state index contributed by atoms with van der Waals surface area (Å²) >= 11 is 0. The Labute approximate surface area is 112 Å². The first kappa shape index (κ1) is 15.0. The van der Waals surface area contributed by atoms with Crippen molar-refractivity contribution in [1.29, 1.82) is 0 Å².